The van der Waals surface area contributed by atoms with Crippen LogP contribution in [0.15, 0.2) is 35.2 Å². The van der Waals surface area contributed by atoms with E-state index < -0.39 is 10.0 Å². The zero-order chi connectivity index (χ0) is 17.3. The number of ether oxygens (including phenoxy) is 2. The van der Waals surface area contributed by atoms with E-state index in [0.717, 1.165) is 11.7 Å². The Hall–Kier alpha value is -2.39. The lowest BCUT2D eigenvalue weighted by molar-refractivity contribution is 0.355. The number of hydrogen-bond donors (Lipinski definition) is 1. The lowest BCUT2D eigenvalue weighted by Gasteiger charge is -2.14. The van der Waals surface area contributed by atoms with Gasteiger partial charge in [0.1, 0.15) is 15.9 Å². The van der Waals surface area contributed by atoms with E-state index in [1.165, 1.54) is 20.3 Å². The molecule has 0 atom stereocenters. The zero-order valence-electron chi connectivity index (χ0n) is 13.2. The maximum Gasteiger partial charge on any atom is 0.264 e. The highest BCUT2D eigenvalue weighted by atomic mass is 32.2. The van der Waals surface area contributed by atoms with Gasteiger partial charge in [0.05, 0.1) is 31.6 Å². The smallest absolute Gasteiger partial charge is 0.264 e. The van der Waals surface area contributed by atoms with Crippen molar-refractivity contribution in [2.24, 2.45) is 0 Å². The highest BCUT2D eigenvalue weighted by Gasteiger charge is 2.21. The molecule has 0 fully saturated rings. The summed E-state index contributed by atoms with van der Waals surface area (Å²) in [5.41, 5.74) is 2.02. The molecule has 0 aliphatic heterocycles. The van der Waals surface area contributed by atoms with Crippen LogP contribution in [0, 0.1) is 6.92 Å². The predicted molar refractivity (Wildman–Crippen MR) is 92.5 cm³/mol. The van der Waals surface area contributed by atoms with Crippen molar-refractivity contribution < 1.29 is 17.9 Å². The number of hydrogen-bond acceptors (Lipinski definition) is 7. The van der Waals surface area contributed by atoms with E-state index in [0.29, 0.717) is 33.8 Å². The summed E-state index contributed by atoms with van der Waals surface area (Å²) in [5.74, 6) is 0.970. The molecule has 126 valence electrons. The van der Waals surface area contributed by atoms with Crippen molar-refractivity contribution in [3.8, 4) is 11.5 Å². The minimum Gasteiger partial charge on any atom is -0.493 e. The highest BCUT2D eigenvalue weighted by Crippen LogP contribution is 2.34. The van der Waals surface area contributed by atoms with Crippen molar-refractivity contribution >= 4 is 38.5 Å². The molecule has 3 rings (SSSR count). The van der Waals surface area contributed by atoms with Gasteiger partial charge in [-0.3, -0.25) is 4.72 Å². The van der Waals surface area contributed by atoms with E-state index in [2.05, 4.69) is 13.5 Å². The van der Waals surface area contributed by atoms with Crippen molar-refractivity contribution in [1.29, 1.82) is 0 Å². The lowest BCUT2D eigenvalue weighted by atomic mass is 10.2. The van der Waals surface area contributed by atoms with Crippen LogP contribution in [0.3, 0.4) is 0 Å². The summed E-state index contributed by atoms with van der Waals surface area (Å²) in [4.78, 5) is 0.0861. The number of methoxy groups -OCH3 is 2. The van der Waals surface area contributed by atoms with Crippen LogP contribution in [-0.2, 0) is 10.0 Å². The fourth-order valence-corrected chi connectivity index (χ4v) is 4.18. The SMILES string of the molecule is COc1cc(C)c(NS(=O)(=O)c2cccc3nsnc23)cc1OC. The summed E-state index contributed by atoms with van der Waals surface area (Å²) < 4.78 is 46.7. The second-order valence-electron chi connectivity index (χ2n) is 5.02. The molecule has 0 spiro atoms. The number of aryl methyl sites for hydroxylation is 1. The minimum atomic E-state index is -3.82. The zero-order valence-corrected chi connectivity index (χ0v) is 14.9. The summed E-state index contributed by atoms with van der Waals surface area (Å²) in [6, 6.07) is 8.16. The van der Waals surface area contributed by atoms with Gasteiger partial charge in [-0.25, -0.2) is 8.42 Å². The van der Waals surface area contributed by atoms with Crippen LogP contribution in [-0.4, -0.2) is 31.4 Å². The molecule has 3 aromatic rings. The van der Waals surface area contributed by atoms with Gasteiger partial charge in [0.25, 0.3) is 10.0 Å². The Morgan fingerprint density at radius 2 is 1.79 bits per heavy atom. The third-order valence-corrected chi connectivity index (χ3v) is 5.45. The van der Waals surface area contributed by atoms with Crippen LogP contribution in [0.25, 0.3) is 11.0 Å². The Morgan fingerprint density at radius 3 is 2.50 bits per heavy atom. The molecule has 2 aromatic carbocycles. The Labute approximate surface area is 143 Å². The topological polar surface area (TPSA) is 90.4 Å². The van der Waals surface area contributed by atoms with Gasteiger partial charge in [-0.05, 0) is 30.7 Å². The number of anilines is 1. The van der Waals surface area contributed by atoms with Gasteiger partial charge >= 0.3 is 0 Å². The summed E-state index contributed by atoms with van der Waals surface area (Å²) in [7, 11) is -0.801. The van der Waals surface area contributed by atoms with Crippen molar-refractivity contribution in [2.75, 3.05) is 18.9 Å². The minimum absolute atomic E-state index is 0.0861. The second kappa shape index (κ2) is 6.25. The molecule has 0 amide bonds. The standard InChI is InChI=1S/C15H15N3O4S2/c1-9-7-12(21-2)13(22-3)8-11(9)18-24(19,20)14-6-4-5-10-15(14)17-23-16-10/h4-8,18H,1-3H3. The van der Waals surface area contributed by atoms with Crippen LogP contribution < -0.4 is 14.2 Å². The molecule has 1 N–H and O–H groups in total. The maximum atomic E-state index is 12.8. The monoisotopic (exact) mass is 365 g/mol. The van der Waals surface area contributed by atoms with Gasteiger partial charge in [0.2, 0.25) is 0 Å². The summed E-state index contributed by atoms with van der Waals surface area (Å²) in [6.45, 7) is 1.78. The molecule has 9 heteroatoms. The fraction of sp³-hybridized carbons (Fsp3) is 0.200. The largest absolute Gasteiger partial charge is 0.493 e. The molecule has 0 unspecified atom stereocenters. The Balaban J connectivity index is 2.06. The molecule has 1 aromatic heterocycles. The van der Waals surface area contributed by atoms with Gasteiger partial charge in [0.15, 0.2) is 11.5 Å². The maximum absolute atomic E-state index is 12.8. The quantitative estimate of drug-likeness (QED) is 0.748. The van der Waals surface area contributed by atoms with Crippen LogP contribution in [0.5, 0.6) is 11.5 Å². The van der Waals surface area contributed by atoms with E-state index >= 15 is 0 Å². The normalized spacial score (nSPS) is 11.5. The fourth-order valence-electron chi connectivity index (χ4n) is 2.29. The average Bonchev–Trinajstić information content (AvgIpc) is 3.04. The van der Waals surface area contributed by atoms with Crippen LogP contribution in [0.2, 0.25) is 0 Å². The van der Waals surface area contributed by atoms with E-state index in [-0.39, 0.29) is 4.90 Å². The molecule has 0 bridgehead atoms. The highest BCUT2D eigenvalue weighted by molar-refractivity contribution is 7.93. The number of sulfonamides is 1. The van der Waals surface area contributed by atoms with Crippen molar-refractivity contribution in [1.82, 2.24) is 8.75 Å². The molecular weight excluding hydrogens is 350 g/mol. The van der Waals surface area contributed by atoms with E-state index in [4.69, 9.17) is 9.47 Å². The number of nitrogens with one attached hydrogen (secondary N) is 1. The Bertz CT molecular complexity index is 999. The molecular formula is C15H15N3O4S2. The third-order valence-electron chi connectivity index (χ3n) is 3.51. The van der Waals surface area contributed by atoms with Crippen LogP contribution >= 0.6 is 11.7 Å². The van der Waals surface area contributed by atoms with Gasteiger partial charge in [-0.2, -0.15) is 8.75 Å². The van der Waals surface area contributed by atoms with E-state index in [1.807, 2.05) is 0 Å². The first-order valence-corrected chi connectivity index (χ1v) is 9.14. The summed E-state index contributed by atoms with van der Waals surface area (Å²) in [6.07, 6.45) is 0. The molecule has 24 heavy (non-hydrogen) atoms. The predicted octanol–water partition coefficient (Wildman–Crippen LogP) is 2.82. The van der Waals surface area contributed by atoms with Gasteiger partial charge in [0, 0.05) is 6.07 Å². The lowest BCUT2D eigenvalue weighted by Crippen LogP contribution is -2.14. The first-order valence-electron chi connectivity index (χ1n) is 6.93. The summed E-state index contributed by atoms with van der Waals surface area (Å²) >= 11 is 0.975. The first kappa shape index (κ1) is 16.5. The van der Waals surface area contributed by atoms with Crippen molar-refractivity contribution in [3.05, 3.63) is 35.9 Å². The van der Waals surface area contributed by atoms with E-state index in [9.17, 15) is 8.42 Å². The van der Waals surface area contributed by atoms with Gasteiger partial charge < -0.3 is 9.47 Å². The number of fused-ring (bicyclic) bond motifs is 1. The molecule has 0 saturated heterocycles. The Kier molecular flexibility index (Phi) is 4.29. The number of nitrogens with zero attached hydrogens (tertiary/aromatic N) is 2. The van der Waals surface area contributed by atoms with E-state index in [1.54, 1.807) is 31.2 Å². The number of aromatic nitrogens is 2. The van der Waals surface area contributed by atoms with Crippen LogP contribution in [0.1, 0.15) is 5.56 Å². The Morgan fingerprint density at radius 1 is 1.08 bits per heavy atom. The number of benzene rings is 2. The average molecular weight is 365 g/mol. The third kappa shape index (κ3) is 2.87. The van der Waals surface area contributed by atoms with Crippen molar-refractivity contribution in [2.45, 2.75) is 11.8 Å². The molecule has 0 aliphatic rings. The molecule has 0 aliphatic carbocycles. The van der Waals surface area contributed by atoms with Gasteiger partial charge in [-0.1, -0.05) is 6.07 Å². The second-order valence-corrected chi connectivity index (χ2v) is 7.19. The number of rotatable bonds is 5. The first-order chi connectivity index (χ1) is 11.5. The van der Waals surface area contributed by atoms with Crippen molar-refractivity contribution in [3.63, 3.8) is 0 Å². The molecule has 0 saturated carbocycles. The summed E-state index contributed by atoms with van der Waals surface area (Å²) in [5, 5.41) is 0. The van der Waals surface area contributed by atoms with Crippen LogP contribution in [0.4, 0.5) is 5.69 Å². The molecule has 1 heterocycles. The molecule has 7 nitrogen and oxygen atoms in total. The molecule has 0 radical (unpaired) electrons. The van der Waals surface area contributed by atoms with Gasteiger partial charge in [-0.15, -0.1) is 0 Å².